The van der Waals surface area contributed by atoms with E-state index in [1.165, 1.54) is 12.1 Å². The average molecular weight is 195 g/mol. The Morgan fingerprint density at radius 1 is 1.36 bits per heavy atom. The summed E-state index contributed by atoms with van der Waals surface area (Å²) in [4.78, 5) is 15.1. The van der Waals surface area contributed by atoms with Gasteiger partial charge in [-0.15, -0.1) is 0 Å². The summed E-state index contributed by atoms with van der Waals surface area (Å²) in [6.07, 6.45) is -0.168. The Labute approximate surface area is 82.1 Å². The van der Waals surface area contributed by atoms with Crippen LogP contribution in [0.15, 0.2) is 12.1 Å². The lowest BCUT2D eigenvalue weighted by Crippen LogP contribution is -2.12. The number of carbonyl (C=O) groups excluding carboxylic acids is 1. The van der Waals surface area contributed by atoms with Crippen molar-refractivity contribution in [1.29, 1.82) is 0 Å². The van der Waals surface area contributed by atoms with Crippen molar-refractivity contribution < 1.29 is 9.53 Å². The van der Waals surface area contributed by atoms with Crippen LogP contribution in [0.3, 0.4) is 0 Å². The molecule has 0 saturated heterocycles. The van der Waals surface area contributed by atoms with Crippen molar-refractivity contribution in [1.82, 2.24) is 4.98 Å². The molecule has 0 amide bonds. The number of pyridine rings is 1. The molecule has 1 aromatic rings. The molecular formula is C9H13N3O2. The van der Waals surface area contributed by atoms with Crippen LogP contribution >= 0.6 is 0 Å². The number of hydrogen-bond acceptors (Lipinski definition) is 5. The molecule has 0 aliphatic heterocycles. The van der Waals surface area contributed by atoms with Crippen LogP contribution in [0.1, 0.15) is 24.2 Å². The van der Waals surface area contributed by atoms with E-state index in [9.17, 15) is 4.79 Å². The molecule has 0 radical (unpaired) electrons. The van der Waals surface area contributed by atoms with Gasteiger partial charge in [0.2, 0.25) is 0 Å². The number of anilines is 2. The molecule has 5 heteroatoms. The van der Waals surface area contributed by atoms with E-state index in [0.717, 1.165) is 0 Å². The summed E-state index contributed by atoms with van der Waals surface area (Å²) in [5, 5.41) is 0. The molecular weight excluding hydrogens is 182 g/mol. The molecule has 0 atom stereocenters. The molecule has 0 unspecified atom stereocenters. The Hall–Kier alpha value is -1.78. The van der Waals surface area contributed by atoms with E-state index >= 15 is 0 Å². The van der Waals surface area contributed by atoms with Gasteiger partial charge >= 0.3 is 5.97 Å². The van der Waals surface area contributed by atoms with Crippen molar-refractivity contribution in [3.05, 3.63) is 17.7 Å². The van der Waals surface area contributed by atoms with E-state index in [0.29, 0.717) is 5.56 Å². The first-order valence-corrected chi connectivity index (χ1v) is 4.23. The Morgan fingerprint density at radius 2 is 1.86 bits per heavy atom. The van der Waals surface area contributed by atoms with Crippen LogP contribution in [0, 0.1) is 0 Å². The molecule has 0 aromatic carbocycles. The predicted octanol–water partition coefficient (Wildman–Crippen LogP) is 0.811. The summed E-state index contributed by atoms with van der Waals surface area (Å²) in [7, 11) is 0. The Bertz CT molecular complexity index is 330. The lowest BCUT2D eigenvalue weighted by atomic mass is 10.2. The number of carbonyl (C=O) groups is 1. The Balaban J connectivity index is 2.90. The summed E-state index contributed by atoms with van der Waals surface area (Å²) in [5.74, 6) is -0.0257. The third kappa shape index (κ3) is 2.62. The van der Waals surface area contributed by atoms with Gasteiger partial charge < -0.3 is 16.2 Å². The fourth-order valence-corrected chi connectivity index (χ4v) is 0.974. The highest BCUT2D eigenvalue weighted by molar-refractivity contribution is 5.91. The van der Waals surface area contributed by atoms with Crippen LogP contribution < -0.4 is 11.5 Å². The van der Waals surface area contributed by atoms with E-state index in [4.69, 9.17) is 16.2 Å². The Kier molecular flexibility index (Phi) is 2.91. The fraction of sp³-hybridized carbons (Fsp3) is 0.333. The molecule has 1 rings (SSSR count). The number of aromatic nitrogens is 1. The zero-order chi connectivity index (χ0) is 10.7. The molecule has 76 valence electrons. The van der Waals surface area contributed by atoms with Gasteiger partial charge in [-0.25, -0.2) is 9.78 Å². The normalized spacial score (nSPS) is 10.2. The lowest BCUT2D eigenvalue weighted by molar-refractivity contribution is 0.0378. The van der Waals surface area contributed by atoms with Gasteiger partial charge in [0, 0.05) is 0 Å². The topological polar surface area (TPSA) is 91.2 Å². The molecule has 0 aliphatic rings. The minimum Gasteiger partial charge on any atom is -0.459 e. The van der Waals surface area contributed by atoms with Crippen LogP contribution in [0.5, 0.6) is 0 Å². The van der Waals surface area contributed by atoms with Crippen LogP contribution in [-0.4, -0.2) is 17.1 Å². The van der Waals surface area contributed by atoms with Gasteiger partial charge in [0.25, 0.3) is 0 Å². The second kappa shape index (κ2) is 3.95. The maximum Gasteiger partial charge on any atom is 0.338 e. The maximum absolute atomic E-state index is 11.4. The first kappa shape index (κ1) is 10.3. The first-order valence-electron chi connectivity index (χ1n) is 4.23. The molecule has 5 nitrogen and oxygen atoms in total. The molecule has 0 fully saturated rings. The molecule has 0 saturated carbocycles. The predicted molar refractivity (Wildman–Crippen MR) is 53.6 cm³/mol. The van der Waals surface area contributed by atoms with Crippen molar-refractivity contribution in [2.45, 2.75) is 20.0 Å². The Morgan fingerprint density at radius 3 is 2.29 bits per heavy atom. The second-order valence-electron chi connectivity index (χ2n) is 3.16. The summed E-state index contributed by atoms with van der Waals surface area (Å²) in [6.45, 7) is 3.54. The molecule has 14 heavy (non-hydrogen) atoms. The minimum absolute atomic E-state index is 0.168. The van der Waals surface area contributed by atoms with E-state index in [1.807, 2.05) is 0 Å². The highest BCUT2D eigenvalue weighted by atomic mass is 16.5. The van der Waals surface area contributed by atoms with E-state index in [2.05, 4.69) is 4.98 Å². The lowest BCUT2D eigenvalue weighted by Gasteiger charge is -2.08. The SMILES string of the molecule is CC(C)OC(=O)c1cc(N)nc(N)c1. The number of ether oxygens (including phenoxy) is 1. The molecule has 4 N–H and O–H groups in total. The summed E-state index contributed by atoms with van der Waals surface area (Å²) in [5.41, 5.74) is 11.2. The molecule has 1 aromatic heterocycles. The summed E-state index contributed by atoms with van der Waals surface area (Å²) >= 11 is 0. The van der Waals surface area contributed by atoms with E-state index in [-0.39, 0.29) is 17.7 Å². The van der Waals surface area contributed by atoms with Crippen molar-refractivity contribution >= 4 is 17.6 Å². The number of nitrogens with zero attached hydrogens (tertiary/aromatic N) is 1. The van der Waals surface area contributed by atoms with Crippen LogP contribution in [0.4, 0.5) is 11.6 Å². The monoisotopic (exact) mass is 195 g/mol. The van der Waals surface area contributed by atoms with Crippen LogP contribution in [0.2, 0.25) is 0 Å². The average Bonchev–Trinajstić information content (AvgIpc) is 2.00. The smallest absolute Gasteiger partial charge is 0.338 e. The zero-order valence-corrected chi connectivity index (χ0v) is 8.15. The maximum atomic E-state index is 11.4. The molecule has 0 spiro atoms. The van der Waals surface area contributed by atoms with Crippen molar-refractivity contribution in [3.63, 3.8) is 0 Å². The molecule has 0 aliphatic carbocycles. The first-order chi connectivity index (χ1) is 6.49. The van der Waals surface area contributed by atoms with Gasteiger partial charge in [-0.2, -0.15) is 0 Å². The molecule has 1 heterocycles. The minimum atomic E-state index is -0.444. The van der Waals surface area contributed by atoms with Gasteiger partial charge in [-0.1, -0.05) is 0 Å². The van der Waals surface area contributed by atoms with E-state index < -0.39 is 5.97 Å². The third-order valence-corrected chi connectivity index (χ3v) is 1.44. The number of nitrogen functional groups attached to an aromatic ring is 2. The number of esters is 1. The van der Waals surface area contributed by atoms with Gasteiger partial charge in [0.15, 0.2) is 0 Å². The molecule has 0 bridgehead atoms. The number of rotatable bonds is 2. The highest BCUT2D eigenvalue weighted by Crippen LogP contribution is 2.11. The zero-order valence-electron chi connectivity index (χ0n) is 8.15. The summed E-state index contributed by atoms with van der Waals surface area (Å²) in [6, 6.07) is 2.86. The van der Waals surface area contributed by atoms with Crippen LogP contribution in [-0.2, 0) is 4.74 Å². The van der Waals surface area contributed by atoms with Crippen molar-refractivity contribution in [3.8, 4) is 0 Å². The highest BCUT2D eigenvalue weighted by Gasteiger charge is 2.10. The van der Waals surface area contributed by atoms with Gasteiger partial charge in [0.1, 0.15) is 11.6 Å². The van der Waals surface area contributed by atoms with Crippen molar-refractivity contribution in [2.24, 2.45) is 0 Å². The van der Waals surface area contributed by atoms with Gasteiger partial charge in [0.05, 0.1) is 11.7 Å². The standard InChI is InChI=1S/C9H13N3O2/c1-5(2)14-9(13)6-3-7(10)12-8(11)4-6/h3-5H,1-2H3,(H4,10,11,12). The number of nitrogens with two attached hydrogens (primary N) is 2. The van der Waals surface area contributed by atoms with Crippen LogP contribution in [0.25, 0.3) is 0 Å². The van der Waals surface area contributed by atoms with E-state index in [1.54, 1.807) is 13.8 Å². The fourth-order valence-electron chi connectivity index (χ4n) is 0.974. The third-order valence-electron chi connectivity index (χ3n) is 1.44. The van der Waals surface area contributed by atoms with Crippen molar-refractivity contribution in [2.75, 3.05) is 11.5 Å². The number of hydrogen-bond donors (Lipinski definition) is 2. The largest absolute Gasteiger partial charge is 0.459 e. The van der Waals surface area contributed by atoms with Gasteiger partial charge in [-0.05, 0) is 26.0 Å². The second-order valence-corrected chi connectivity index (χ2v) is 3.16. The summed E-state index contributed by atoms with van der Waals surface area (Å²) < 4.78 is 4.97. The quantitative estimate of drug-likeness (QED) is 0.681. The van der Waals surface area contributed by atoms with Gasteiger partial charge in [-0.3, -0.25) is 0 Å².